The molecule has 1 N–H and O–H groups in total. The predicted octanol–water partition coefficient (Wildman–Crippen LogP) is 3.46. The van der Waals surface area contributed by atoms with Crippen molar-refractivity contribution in [3.8, 4) is 16.3 Å². The van der Waals surface area contributed by atoms with Crippen LogP contribution >= 0.6 is 11.3 Å². The van der Waals surface area contributed by atoms with Crippen LogP contribution in [0.15, 0.2) is 41.8 Å². The number of ether oxygens (including phenoxy) is 1. The predicted molar refractivity (Wildman–Crippen MR) is 77.5 cm³/mol. The molecule has 0 bridgehead atoms. The third-order valence-electron chi connectivity index (χ3n) is 3.05. The SMILES string of the molecule is COc1ccc2nc(-c3cccs3)cc(CO)c2c1. The first kappa shape index (κ1) is 12.1. The van der Waals surface area contributed by atoms with E-state index in [1.165, 1.54) is 0 Å². The average molecular weight is 271 g/mol. The minimum absolute atomic E-state index is 0.00936. The van der Waals surface area contributed by atoms with E-state index in [9.17, 15) is 5.11 Å². The van der Waals surface area contributed by atoms with Crippen molar-refractivity contribution >= 4 is 22.2 Å². The fourth-order valence-corrected chi connectivity index (χ4v) is 2.77. The highest BCUT2D eigenvalue weighted by Crippen LogP contribution is 2.29. The van der Waals surface area contributed by atoms with Crippen molar-refractivity contribution < 1.29 is 9.84 Å². The van der Waals surface area contributed by atoms with E-state index >= 15 is 0 Å². The van der Waals surface area contributed by atoms with Crippen LogP contribution in [0.2, 0.25) is 0 Å². The maximum atomic E-state index is 9.56. The number of aliphatic hydroxyl groups excluding tert-OH is 1. The Morgan fingerprint density at radius 2 is 2.16 bits per heavy atom. The van der Waals surface area contributed by atoms with Crippen LogP contribution < -0.4 is 4.74 Å². The second kappa shape index (κ2) is 4.99. The number of nitrogens with zero attached hydrogens (tertiary/aromatic N) is 1. The molecule has 0 fully saturated rings. The summed E-state index contributed by atoms with van der Waals surface area (Å²) in [5.41, 5.74) is 2.64. The zero-order chi connectivity index (χ0) is 13.2. The molecule has 0 aliphatic carbocycles. The van der Waals surface area contributed by atoms with Crippen molar-refractivity contribution in [3.05, 3.63) is 47.3 Å². The molecule has 0 saturated heterocycles. The van der Waals surface area contributed by atoms with Crippen molar-refractivity contribution in [2.24, 2.45) is 0 Å². The summed E-state index contributed by atoms with van der Waals surface area (Å²) < 4.78 is 5.22. The lowest BCUT2D eigenvalue weighted by Gasteiger charge is -2.08. The van der Waals surface area contributed by atoms with Crippen molar-refractivity contribution in [3.63, 3.8) is 0 Å². The Bertz CT molecular complexity index is 707. The second-order valence-electron chi connectivity index (χ2n) is 4.19. The van der Waals surface area contributed by atoms with Gasteiger partial charge in [0.05, 0.1) is 29.8 Å². The van der Waals surface area contributed by atoms with Gasteiger partial charge in [0.1, 0.15) is 5.75 Å². The number of methoxy groups -OCH3 is 1. The Labute approximate surface area is 115 Å². The Balaban J connectivity index is 2.24. The summed E-state index contributed by atoms with van der Waals surface area (Å²) >= 11 is 1.64. The van der Waals surface area contributed by atoms with Gasteiger partial charge in [0.15, 0.2) is 0 Å². The molecular formula is C15H13NO2S. The number of aromatic nitrogens is 1. The van der Waals surface area contributed by atoms with Crippen LogP contribution in [0.5, 0.6) is 5.75 Å². The van der Waals surface area contributed by atoms with Crippen LogP contribution in [0.3, 0.4) is 0 Å². The standard InChI is InChI=1S/C15H13NO2S/c1-18-11-4-5-13-12(8-11)10(9-17)7-14(16-13)15-3-2-6-19-15/h2-8,17H,9H2,1H3. The highest BCUT2D eigenvalue weighted by atomic mass is 32.1. The molecule has 0 atom stereocenters. The fraction of sp³-hybridized carbons (Fsp3) is 0.133. The summed E-state index contributed by atoms with van der Waals surface area (Å²) in [7, 11) is 1.63. The molecule has 4 heteroatoms. The molecule has 0 spiro atoms. The van der Waals surface area contributed by atoms with Crippen molar-refractivity contribution in [1.82, 2.24) is 4.98 Å². The normalized spacial score (nSPS) is 10.8. The number of aliphatic hydroxyl groups is 1. The van der Waals surface area contributed by atoms with E-state index in [0.29, 0.717) is 0 Å². The molecule has 0 saturated carbocycles. The van der Waals surface area contributed by atoms with Crippen molar-refractivity contribution in [1.29, 1.82) is 0 Å². The molecule has 96 valence electrons. The van der Waals surface area contributed by atoms with Gasteiger partial charge in [0, 0.05) is 5.39 Å². The summed E-state index contributed by atoms with van der Waals surface area (Å²) in [6.45, 7) is -0.00936. The first-order valence-corrected chi connectivity index (χ1v) is 6.82. The summed E-state index contributed by atoms with van der Waals surface area (Å²) in [4.78, 5) is 5.75. The molecule has 0 unspecified atom stereocenters. The van der Waals surface area contributed by atoms with Gasteiger partial charge in [0.25, 0.3) is 0 Å². The second-order valence-corrected chi connectivity index (χ2v) is 5.13. The number of fused-ring (bicyclic) bond motifs is 1. The van der Waals surface area contributed by atoms with Gasteiger partial charge in [-0.2, -0.15) is 0 Å². The molecule has 1 aromatic carbocycles. The Morgan fingerprint density at radius 3 is 2.84 bits per heavy atom. The fourth-order valence-electron chi connectivity index (χ4n) is 2.08. The molecule has 3 aromatic rings. The van der Waals surface area contributed by atoms with Crippen LogP contribution in [-0.2, 0) is 6.61 Å². The lowest BCUT2D eigenvalue weighted by atomic mass is 10.1. The van der Waals surface area contributed by atoms with E-state index in [0.717, 1.165) is 32.8 Å². The van der Waals surface area contributed by atoms with Crippen LogP contribution in [0.25, 0.3) is 21.5 Å². The minimum Gasteiger partial charge on any atom is -0.497 e. The van der Waals surface area contributed by atoms with Crippen molar-refractivity contribution in [2.45, 2.75) is 6.61 Å². The molecule has 0 radical (unpaired) electrons. The lowest BCUT2D eigenvalue weighted by Crippen LogP contribution is -1.93. The molecule has 3 nitrogen and oxygen atoms in total. The van der Waals surface area contributed by atoms with Crippen LogP contribution in [0.1, 0.15) is 5.56 Å². The van der Waals surface area contributed by atoms with Crippen LogP contribution in [0, 0.1) is 0 Å². The molecule has 0 aliphatic rings. The van der Waals surface area contributed by atoms with E-state index in [1.807, 2.05) is 41.8 Å². The van der Waals surface area contributed by atoms with E-state index in [4.69, 9.17) is 4.74 Å². The van der Waals surface area contributed by atoms with Gasteiger partial charge in [-0.1, -0.05) is 6.07 Å². The summed E-state index contributed by atoms with van der Waals surface area (Å²) in [6, 6.07) is 11.7. The van der Waals surface area contributed by atoms with Gasteiger partial charge in [-0.05, 0) is 41.3 Å². The molecule has 2 aromatic heterocycles. The third-order valence-corrected chi connectivity index (χ3v) is 3.94. The quantitative estimate of drug-likeness (QED) is 0.793. The Kier molecular flexibility index (Phi) is 3.19. The van der Waals surface area contributed by atoms with Gasteiger partial charge in [-0.25, -0.2) is 4.98 Å². The molecular weight excluding hydrogens is 258 g/mol. The van der Waals surface area contributed by atoms with Gasteiger partial charge >= 0.3 is 0 Å². The highest BCUT2D eigenvalue weighted by Gasteiger charge is 2.08. The third kappa shape index (κ3) is 2.20. The number of pyridine rings is 1. The Hall–Kier alpha value is -1.91. The van der Waals surface area contributed by atoms with E-state index in [-0.39, 0.29) is 6.61 Å². The number of hydrogen-bond donors (Lipinski definition) is 1. The van der Waals surface area contributed by atoms with Crippen molar-refractivity contribution in [2.75, 3.05) is 7.11 Å². The molecule has 2 heterocycles. The topological polar surface area (TPSA) is 42.4 Å². The monoisotopic (exact) mass is 271 g/mol. The maximum Gasteiger partial charge on any atom is 0.119 e. The minimum atomic E-state index is -0.00936. The van der Waals surface area contributed by atoms with E-state index in [1.54, 1.807) is 18.4 Å². The molecule has 0 amide bonds. The van der Waals surface area contributed by atoms with E-state index in [2.05, 4.69) is 4.98 Å². The summed E-state index contributed by atoms with van der Waals surface area (Å²) in [5.74, 6) is 0.771. The maximum absolute atomic E-state index is 9.56. The number of benzene rings is 1. The summed E-state index contributed by atoms with van der Waals surface area (Å²) in [6.07, 6.45) is 0. The first-order valence-electron chi connectivity index (χ1n) is 5.94. The average Bonchev–Trinajstić information content (AvgIpc) is 2.99. The number of hydrogen-bond acceptors (Lipinski definition) is 4. The van der Waals surface area contributed by atoms with Gasteiger partial charge in [0.2, 0.25) is 0 Å². The first-order chi connectivity index (χ1) is 9.31. The largest absolute Gasteiger partial charge is 0.497 e. The van der Waals surface area contributed by atoms with Gasteiger partial charge in [-0.3, -0.25) is 0 Å². The summed E-state index contributed by atoms with van der Waals surface area (Å²) in [5, 5.41) is 12.5. The van der Waals surface area contributed by atoms with Gasteiger partial charge in [-0.15, -0.1) is 11.3 Å². The lowest BCUT2D eigenvalue weighted by molar-refractivity contribution is 0.283. The van der Waals surface area contributed by atoms with Crippen LogP contribution in [-0.4, -0.2) is 17.2 Å². The smallest absolute Gasteiger partial charge is 0.119 e. The van der Waals surface area contributed by atoms with E-state index < -0.39 is 0 Å². The molecule has 3 rings (SSSR count). The molecule has 19 heavy (non-hydrogen) atoms. The number of rotatable bonds is 3. The van der Waals surface area contributed by atoms with Gasteiger partial charge < -0.3 is 9.84 Å². The molecule has 0 aliphatic heterocycles. The zero-order valence-electron chi connectivity index (χ0n) is 10.5. The Morgan fingerprint density at radius 1 is 1.26 bits per heavy atom. The zero-order valence-corrected chi connectivity index (χ0v) is 11.3. The van der Waals surface area contributed by atoms with Crippen LogP contribution in [0.4, 0.5) is 0 Å². The number of thiophene rings is 1. The highest BCUT2D eigenvalue weighted by molar-refractivity contribution is 7.13.